The summed E-state index contributed by atoms with van der Waals surface area (Å²) in [6.07, 6.45) is 5.04. The van der Waals surface area contributed by atoms with Crippen LogP contribution in [0.15, 0.2) is 12.2 Å². The molecule has 0 rings (SSSR count). The van der Waals surface area contributed by atoms with E-state index in [0.717, 1.165) is 31.8 Å². The first-order valence-corrected chi connectivity index (χ1v) is 9.37. The highest BCUT2D eigenvalue weighted by atomic mass is 32.2. The van der Waals surface area contributed by atoms with Crippen molar-refractivity contribution in [3.05, 3.63) is 12.2 Å². The van der Waals surface area contributed by atoms with Crippen LogP contribution < -0.4 is 0 Å². The molecular weight excluding hydrogens is 324 g/mol. The van der Waals surface area contributed by atoms with Crippen LogP contribution in [0.1, 0.15) is 52.4 Å². The van der Waals surface area contributed by atoms with Crippen LogP contribution in [0.3, 0.4) is 0 Å². The van der Waals surface area contributed by atoms with Crippen LogP contribution in [-0.4, -0.2) is 41.9 Å². The van der Waals surface area contributed by atoms with Gasteiger partial charge in [-0.25, -0.2) is 9.59 Å². The molecule has 0 spiro atoms. The SMILES string of the molecule is CCCCC(CC)C(CCCS(=O)(=O)O)OC(=O)C=CC(=O)O. The predicted molar refractivity (Wildman–Crippen MR) is 85.6 cm³/mol. The molecule has 0 aliphatic heterocycles. The maximum atomic E-state index is 11.7. The molecule has 2 unspecified atom stereocenters. The normalized spacial score (nSPS) is 14.6. The van der Waals surface area contributed by atoms with Crippen molar-refractivity contribution in [1.29, 1.82) is 0 Å². The lowest BCUT2D eigenvalue weighted by molar-refractivity contribution is -0.147. The summed E-state index contributed by atoms with van der Waals surface area (Å²) in [6, 6.07) is 0. The summed E-state index contributed by atoms with van der Waals surface area (Å²) in [5.41, 5.74) is 0. The molecule has 0 amide bonds. The summed E-state index contributed by atoms with van der Waals surface area (Å²) in [4.78, 5) is 22.1. The minimum Gasteiger partial charge on any atom is -0.478 e. The van der Waals surface area contributed by atoms with Gasteiger partial charge in [-0.15, -0.1) is 0 Å². The highest BCUT2D eigenvalue weighted by molar-refractivity contribution is 7.85. The van der Waals surface area contributed by atoms with Gasteiger partial charge in [0.15, 0.2) is 0 Å². The molecule has 2 atom stereocenters. The van der Waals surface area contributed by atoms with E-state index in [2.05, 4.69) is 0 Å². The van der Waals surface area contributed by atoms with Crippen LogP contribution in [0.2, 0.25) is 0 Å². The lowest BCUT2D eigenvalue weighted by Crippen LogP contribution is -2.27. The Balaban J connectivity index is 4.82. The summed E-state index contributed by atoms with van der Waals surface area (Å²) in [5, 5.41) is 8.51. The molecule has 0 radical (unpaired) electrons. The first-order chi connectivity index (χ1) is 10.7. The maximum Gasteiger partial charge on any atom is 0.331 e. The van der Waals surface area contributed by atoms with Gasteiger partial charge in [-0.3, -0.25) is 4.55 Å². The van der Waals surface area contributed by atoms with E-state index in [-0.39, 0.29) is 12.3 Å². The Bertz CT molecular complexity index is 496. The zero-order valence-electron chi connectivity index (χ0n) is 13.6. The van der Waals surface area contributed by atoms with Gasteiger partial charge < -0.3 is 9.84 Å². The average Bonchev–Trinajstić information content (AvgIpc) is 2.44. The second-order valence-corrected chi connectivity index (χ2v) is 6.96. The maximum absolute atomic E-state index is 11.7. The topological polar surface area (TPSA) is 118 Å². The molecule has 7 nitrogen and oxygen atoms in total. The molecule has 134 valence electrons. The summed E-state index contributed by atoms with van der Waals surface area (Å²) < 4.78 is 35.7. The number of unbranched alkanes of at least 4 members (excludes halogenated alkanes) is 1. The van der Waals surface area contributed by atoms with Crippen LogP contribution in [-0.2, 0) is 24.4 Å². The molecule has 0 fully saturated rings. The molecule has 0 aromatic rings. The number of carbonyl (C=O) groups is 2. The molecule has 0 saturated carbocycles. The summed E-state index contributed by atoms with van der Waals surface area (Å²) in [6.45, 7) is 4.00. The van der Waals surface area contributed by atoms with Gasteiger partial charge in [0.2, 0.25) is 0 Å². The molecule has 0 aromatic carbocycles. The molecule has 8 heteroatoms. The Morgan fingerprint density at radius 1 is 1.13 bits per heavy atom. The lowest BCUT2D eigenvalue weighted by atomic mass is 9.91. The zero-order chi connectivity index (χ0) is 17.9. The minimum atomic E-state index is -4.05. The van der Waals surface area contributed by atoms with Crippen molar-refractivity contribution < 1.29 is 32.4 Å². The fourth-order valence-electron chi connectivity index (χ4n) is 2.30. The number of hydrogen-bond donors (Lipinski definition) is 2. The van der Waals surface area contributed by atoms with E-state index in [1.165, 1.54) is 0 Å². The van der Waals surface area contributed by atoms with Gasteiger partial charge in [0, 0.05) is 12.2 Å². The van der Waals surface area contributed by atoms with E-state index < -0.39 is 33.9 Å². The number of carbonyl (C=O) groups excluding carboxylic acids is 1. The summed E-state index contributed by atoms with van der Waals surface area (Å²) in [7, 11) is -4.05. The smallest absolute Gasteiger partial charge is 0.331 e. The fraction of sp³-hybridized carbons (Fsp3) is 0.733. The van der Waals surface area contributed by atoms with Crippen molar-refractivity contribution in [2.75, 3.05) is 5.75 Å². The van der Waals surface area contributed by atoms with E-state index in [1.807, 2.05) is 13.8 Å². The van der Waals surface area contributed by atoms with Crippen LogP contribution in [0, 0.1) is 5.92 Å². The van der Waals surface area contributed by atoms with Gasteiger partial charge in [0.05, 0.1) is 5.75 Å². The molecule has 0 heterocycles. The number of carboxylic acids is 1. The Hall–Kier alpha value is -1.41. The largest absolute Gasteiger partial charge is 0.478 e. The molecule has 0 aromatic heterocycles. The summed E-state index contributed by atoms with van der Waals surface area (Å²) in [5.74, 6) is -2.34. The number of esters is 1. The first-order valence-electron chi connectivity index (χ1n) is 7.76. The third-order valence-corrected chi connectivity index (χ3v) is 4.30. The van der Waals surface area contributed by atoms with Gasteiger partial charge in [0.1, 0.15) is 6.10 Å². The number of rotatable bonds is 12. The Labute approximate surface area is 137 Å². The molecule has 0 aliphatic carbocycles. The molecular formula is C15H26O7S. The highest BCUT2D eigenvalue weighted by Crippen LogP contribution is 2.23. The predicted octanol–water partition coefficient (Wildman–Crippen LogP) is 2.42. The highest BCUT2D eigenvalue weighted by Gasteiger charge is 2.23. The zero-order valence-corrected chi connectivity index (χ0v) is 14.4. The van der Waals surface area contributed by atoms with Crippen molar-refractivity contribution in [3.63, 3.8) is 0 Å². The Kier molecular flexibility index (Phi) is 10.5. The molecule has 0 bridgehead atoms. The number of ether oxygens (including phenoxy) is 1. The molecule has 0 aliphatic rings. The van der Waals surface area contributed by atoms with Gasteiger partial charge in [-0.2, -0.15) is 8.42 Å². The lowest BCUT2D eigenvalue weighted by Gasteiger charge is -2.26. The van der Waals surface area contributed by atoms with Crippen LogP contribution >= 0.6 is 0 Å². The van der Waals surface area contributed by atoms with E-state index in [9.17, 15) is 18.0 Å². The molecule has 2 N–H and O–H groups in total. The second-order valence-electron chi connectivity index (χ2n) is 5.39. The van der Waals surface area contributed by atoms with Crippen LogP contribution in [0.4, 0.5) is 0 Å². The van der Waals surface area contributed by atoms with Crippen molar-refractivity contribution in [2.45, 2.75) is 58.5 Å². The van der Waals surface area contributed by atoms with Crippen molar-refractivity contribution >= 4 is 22.1 Å². The first kappa shape index (κ1) is 21.6. The van der Waals surface area contributed by atoms with Crippen LogP contribution in [0.5, 0.6) is 0 Å². The summed E-state index contributed by atoms with van der Waals surface area (Å²) >= 11 is 0. The second kappa shape index (κ2) is 11.2. The van der Waals surface area contributed by atoms with Crippen LogP contribution in [0.25, 0.3) is 0 Å². The van der Waals surface area contributed by atoms with E-state index in [1.54, 1.807) is 0 Å². The van der Waals surface area contributed by atoms with Crippen molar-refractivity contribution in [2.24, 2.45) is 5.92 Å². The van der Waals surface area contributed by atoms with E-state index >= 15 is 0 Å². The van der Waals surface area contributed by atoms with E-state index in [4.69, 9.17) is 14.4 Å². The van der Waals surface area contributed by atoms with Crippen molar-refractivity contribution in [3.8, 4) is 0 Å². The minimum absolute atomic E-state index is 0.0681. The van der Waals surface area contributed by atoms with Crippen molar-refractivity contribution in [1.82, 2.24) is 0 Å². The fourth-order valence-corrected chi connectivity index (χ4v) is 2.84. The van der Waals surface area contributed by atoms with E-state index in [0.29, 0.717) is 12.5 Å². The number of aliphatic carboxylic acids is 1. The van der Waals surface area contributed by atoms with Gasteiger partial charge in [-0.1, -0.05) is 26.7 Å². The Morgan fingerprint density at radius 2 is 1.78 bits per heavy atom. The third-order valence-electron chi connectivity index (χ3n) is 3.50. The van der Waals surface area contributed by atoms with Gasteiger partial charge >= 0.3 is 11.9 Å². The van der Waals surface area contributed by atoms with Gasteiger partial charge in [-0.05, 0) is 31.6 Å². The third kappa shape index (κ3) is 11.8. The van der Waals surface area contributed by atoms with Gasteiger partial charge in [0.25, 0.3) is 10.1 Å². The number of carboxylic acid groups (broad SMARTS) is 1. The standard InChI is InChI=1S/C15H26O7S/c1-3-5-7-12(4-2)13(8-6-11-23(19,20)21)22-15(18)10-9-14(16)17/h9-10,12-13H,3-8,11H2,1-2H3,(H,16,17)(H,19,20,21). The monoisotopic (exact) mass is 350 g/mol. The molecule has 0 saturated heterocycles. The Morgan fingerprint density at radius 3 is 2.26 bits per heavy atom. The molecule has 23 heavy (non-hydrogen) atoms. The average molecular weight is 350 g/mol. The quantitative estimate of drug-likeness (QED) is 0.315. The number of hydrogen-bond acceptors (Lipinski definition) is 5.